The number of anilines is 1. The second-order valence-electron chi connectivity index (χ2n) is 4.45. The largest absolute Gasteiger partial charge is 0.364 e. The maximum atomic E-state index is 12.2. The van der Waals surface area contributed by atoms with Gasteiger partial charge < -0.3 is 14.7 Å². The van der Waals surface area contributed by atoms with E-state index in [0.29, 0.717) is 5.69 Å². The Labute approximate surface area is 110 Å². The summed E-state index contributed by atoms with van der Waals surface area (Å²) in [7, 11) is 0. The Morgan fingerprint density at radius 2 is 2.42 bits per heavy atom. The summed E-state index contributed by atoms with van der Waals surface area (Å²) in [4.78, 5) is 18.0. The van der Waals surface area contributed by atoms with E-state index in [9.17, 15) is 4.79 Å². The zero-order chi connectivity index (χ0) is 13.1. The molecule has 0 aliphatic carbocycles. The molecule has 0 aromatic carbocycles. The maximum absolute atomic E-state index is 12.2. The lowest BCUT2D eigenvalue weighted by Crippen LogP contribution is -2.34. The van der Waals surface area contributed by atoms with Gasteiger partial charge in [0.05, 0.1) is 17.9 Å². The second kappa shape index (κ2) is 5.09. The quantitative estimate of drug-likeness (QED) is 0.898. The predicted molar refractivity (Wildman–Crippen MR) is 68.4 cm³/mol. The molecule has 2 aromatic rings. The van der Waals surface area contributed by atoms with Crippen LogP contribution in [0.25, 0.3) is 0 Å². The minimum atomic E-state index is -0.126. The summed E-state index contributed by atoms with van der Waals surface area (Å²) in [6, 6.07) is 5.27. The van der Waals surface area contributed by atoms with Crippen LogP contribution in [0.3, 0.4) is 0 Å². The smallest absolute Gasteiger partial charge is 0.322 e. The Hall–Kier alpha value is -2.37. The summed E-state index contributed by atoms with van der Waals surface area (Å²) in [5.74, 6) is 0. The number of rotatable bonds is 2. The van der Waals surface area contributed by atoms with Crippen molar-refractivity contribution in [2.24, 2.45) is 0 Å². The number of aromatic nitrogens is 2. The molecule has 3 heterocycles. The Kier molecular flexibility index (Phi) is 3.14. The zero-order valence-corrected chi connectivity index (χ0v) is 10.3. The molecule has 0 unspecified atom stereocenters. The molecule has 2 aromatic heterocycles. The van der Waals surface area contributed by atoms with E-state index in [4.69, 9.17) is 4.52 Å². The third-order valence-electron chi connectivity index (χ3n) is 3.23. The van der Waals surface area contributed by atoms with Crippen LogP contribution >= 0.6 is 0 Å². The number of carbonyl (C=O) groups excluding carboxylic acids is 1. The summed E-state index contributed by atoms with van der Waals surface area (Å²) in [5.41, 5.74) is 1.50. The Morgan fingerprint density at radius 3 is 3.16 bits per heavy atom. The van der Waals surface area contributed by atoms with E-state index in [2.05, 4.69) is 15.5 Å². The van der Waals surface area contributed by atoms with Gasteiger partial charge in [-0.15, -0.1) is 0 Å². The lowest BCUT2D eigenvalue weighted by atomic mass is 10.1. The Morgan fingerprint density at radius 1 is 1.47 bits per heavy atom. The fourth-order valence-electron chi connectivity index (χ4n) is 2.34. The van der Waals surface area contributed by atoms with Gasteiger partial charge in [-0.1, -0.05) is 5.16 Å². The first kappa shape index (κ1) is 11.7. The van der Waals surface area contributed by atoms with Crippen molar-refractivity contribution in [2.45, 2.75) is 18.9 Å². The molecule has 1 aliphatic rings. The van der Waals surface area contributed by atoms with Gasteiger partial charge in [0.25, 0.3) is 0 Å². The van der Waals surface area contributed by atoms with Gasteiger partial charge in [0.2, 0.25) is 0 Å². The minimum Gasteiger partial charge on any atom is -0.364 e. The van der Waals surface area contributed by atoms with Crippen molar-refractivity contribution in [1.82, 2.24) is 15.0 Å². The van der Waals surface area contributed by atoms with Crippen molar-refractivity contribution in [1.29, 1.82) is 0 Å². The number of pyridine rings is 1. The fourth-order valence-corrected chi connectivity index (χ4v) is 2.34. The summed E-state index contributed by atoms with van der Waals surface area (Å²) in [6.45, 7) is 0.726. The molecule has 0 saturated carbocycles. The Balaban J connectivity index is 1.72. The molecule has 0 radical (unpaired) electrons. The number of nitrogens with zero attached hydrogens (tertiary/aromatic N) is 3. The summed E-state index contributed by atoms with van der Waals surface area (Å²) < 4.78 is 4.85. The minimum absolute atomic E-state index is 0.00424. The van der Waals surface area contributed by atoms with Gasteiger partial charge in [-0.25, -0.2) is 4.79 Å². The van der Waals surface area contributed by atoms with E-state index in [1.54, 1.807) is 29.4 Å². The Bertz CT molecular complexity index is 541. The molecule has 1 N–H and O–H groups in total. The first-order valence-electron chi connectivity index (χ1n) is 6.22. The van der Waals surface area contributed by atoms with Crippen molar-refractivity contribution >= 4 is 11.7 Å². The van der Waals surface area contributed by atoms with Crippen LogP contribution in [0.5, 0.6) is 0 Å². The molecule has 0 spiro atoms. The fraction of sp³-hybridized carbons (Fsp3) is 0.308. The van der Waals surface area contributed by atoms with Crippen LogP contribution in [0.1, 0.15) is 24.6 Å². The average molecular weight is 258 g/mol. The van der Waals surface area contributed by atoms with Crippen LogP contribution in [0.15, 0.2) is 41.4 Å². The third-order valence-corrected chi connectivity index (χ3v) is 3.23. The number of hydrogen-bond donors (Lipinski definition) is 1. The van der Waals surface area contributed by atoms with E-state index >= 15 is 0 Å². The number of carbonyl (C=O) groups is 1. The van der Waals surface area contributed by atoms with Crippen molar-refractivity contribution in [3.05, 3.63) is 42.5 Å². The van der Waals surface area contributed by atoms with Gasteiger partial charge in [-0.05, 0) is 25.0 Å². The number of likely N-dealkylation sites (tertiary alicyclic amines) is 1. The van der Waals surface area contributed by atoms with E-state index in [-0.39, 0.29) is 12.1 Å². The second-order valence-corrected chi connectivity index (χ2v) is 4.45. The summed E-state index contributed by atoms with van der Waals surface area (Å²) in [6.07, 6.45) is 6.71. The highest BCUT2D eigenvalue weighted by Gasteiger charge is 2.31. The highest BCUT2D eigenvalue weighted by molar-refractivity contribution is 5.89. The topological polar surface area (TPSA) is 71.3 Å². The van der Waals surface area contributed by atoms with Crippen molar-refractivity contribution in [3.8, 4) is 0 Å². The molecule has 0 bridgehead atoms. The van der Waals surface area contributed by atoms with Crippen LogP contribution in [0.2, 0.25) is 0 Å². The molecule has 2 amide bonds. The van der Waals surface area contributed by atoms with Crippen molar-refractivity contribution < 1.29 is 9.32 Å². The van der Waals surface area contributed by atoms with Gasteiger partial charge in [-0.3, -0.25) is 4.98 Å². The molecule has 1 atom stereocenters. The molecule has 1 aliphatic heterocycles. The van der Waals surface area contributed by atoms with Gasteiger partial charge in [0, 0.05) is 18.8 Å². The SMILES string of the molecule is O=C(Nc1cccnc1)N1CCC[C@@H]1c1ccon1. The standard InChI is InChI=1S/C13H14N4O2/c18-13(15-10-3-1-6-14-9-10)17-7-2-4-12(17)11-5-8-19-16-11/h1,3,5-6,8-9,12H,2,4,7H2,(H,15,18)/t12-/m1/s1. The van der Waals surface area contributed by atoms with Gasteiger partial charge in [0.1, 0.15) is 12.0 Å². The van der Waals surface area contributed by atoms with Crippen LogP contribution in [0.4, 0.5) is 10.5 Å². The highest BCUT2D eigenvalue weighted by atomic mass is 16.5. The van der Waals surface area contributed by atoms with Crippen molar-refractivity contribution in [3.63, 3.8) is 0 Å². The van der Waals surface area contributed by atoms with Gasteiger partial charge >= 0.3 is 6.03 Å². The predicted octanol–water partition coefficient (Wildman–Crippen LogP) is 2.44. The van der Waals surface area contributed by atoms with Crippen molar-refractivity contribution in [2.75, 3.05) is 11.9 Å². The molecular formula is C13H14N4O2. The van der Waals surface area contributed by atoms with Gasteiger partial charge in [0.15, 0.2) is 0 Å². The van der Waals surface area contributed by atoms with E-state index < -0.39 is 0 Å². The van der Waals surface area contributed by atoms with E-state index in [0.717, 1.165) is 25.1 Å². The average Bonchev–Trinajstić information content (AvgIpc) is 3.10. The molecule has 6 nitrogen and oxygen atoms in total. The summed E-state index contributed by atoms with van der Waals surface area (Å²) in [5, 5.41) is 6.77. The number of hydrogen-bond acceptors (Lipinski definition) is 4. The first-order valence-corrected chi connectivity index (χ1v) is 6.22. The van der Waals surface area contributed by atoms with Crippen LogP contribution in [-0.2, 0) is 0 Å². The molecule has 1 fully saturated rings. The van der Waals surface area contributed by atoms with E-state index in [1.165, 1.54) is 6.26 Å². The third kappa shape index (κ3) is 2.42. The number of amides is 2. The van der Waals surface area contributed by atoms with Crippen LogP contribution in [-0.4, -0.2) is 27.6 Å². The molecular weight excluding hydrogens is 244 g/mol. The molecule has 19 heavy (non-hydrogen) atoms. The highest BCUT2D eigenvalue weighted by Crippen LogP contribution is 2.31. The monoisotopic (exact) mass is 258 g/mol. The van der Waals surface area contributed by atoms with E-state index in [1.807, 2.05) is 6.07 Å². The normalized spacial score (nSPS) is 18.5. The lowest BCUT2D eigenvalue weighted by molar-refractivity contribution is 0.204. The van der Waals surface area contributed by atoms with Gasteiger partial charge in [-0.2, -0.15) is 0 Å². The molecule has 1 saturated heterocycles. The van der Waals surface area contributed by atoms with Crippen LogP contribution in [0, 0.1) is 0 Å². The van der Waals surface area contributed by atoms with Crippen LogP contribution < -0.4 is 5.32 Å². The zero-order valence-electron chi connectivity index (χ0n) is 10.3. The number of nitrogens with one attached hydrogen (secondary N) is 1. The molecule has 6 heteroatoms. The lowest BCUT2D eigenvalue weighted by Gasteiger charge is -2.23. The molecule has 98 valence electrons. The first-order chi connectivity index (χ1) is 9.34. The number of urea groups is 1. The molecule has 3 rings (SSSR count). The maximum Gasteiger partial charge on any atom is 0.322 e. The summed E-state index contributed by atoms with van der Waals surface area (Å²) >= 11 is 0.